The number of aromatic nitrogens is 4. The lowest BCUT2D eigenvalue weighted by Crippen LogP contribution is -2.37. The molecule has 0 radical (unpaired) electrons. The maximum atomic E-state index is 12.6. The Balaban J connectivity index is 1.31. The van der Waals surface area contributed by atoms with E-state index in [4.69, 9.17) is 9.84 Å². The Kier molecular flexibility index (Phi) is 4.95. The van der Waals surface area contributed by atoms with Crippen LogP contribution >= 0.6 is 0 Å². The van der Waals surface area contributed by atoms with Crippen molar-refractivity contribution in [3.63, 3.8) is 0 Å². The first-order chi connectivity index (χ1) is 15.2. The summed E-state index contributed by atoms with van der Waals surface area (Å²) in [7, 11) is 1.61. The summed E-state index contributed by atoms with van der Waals surface area (Å²) >= 11 is 0. The van der Waals surface area contributed by atoms with Crippen molar-refractivity contribution in [2.24, 2.45) is 0 Å². The number of methoxy groups -OCH3 is 1. The Bertz CT molecular complexity index is 1210. The van der Waals surface area contributed by atoms with Gasteiger partial charge in [0.1, 0.15) is 11.6 Å². The van der Waals surface area contributed by atoms with Crippen LogP contribution in [0.2, 0.25) is 0 Å². The number of nitrogens with one attached hydrogen (secondary N) is 1. The number of carbonyl (C=O) groups excluding carboxylic acids is 1. The fraction of sp³-hybridized carbons (Fsp3) is 0.217. The molecule has 1 aliphatic rings. The predicted molar refractivity (Wildman–Crippen MR) is 117 cm³/mol. The van der Waals surface area contributed by atoms with Crippen molar-refractivity contribution >= 4 is 17.4 Å². The number of carbonyl (C=O) groups is 1. The molecule has 31 heavy (non-hydrogen) atoms. The highest BCUT2D eigenvalue weighted by Crippen LogP contribution is 2.22. The van der Waals surface area contributed by atoms with Crippen LogP contribution in [0.3, 0.4) is 0 Å². The molecule has 1 atom stereocenters. The average Bonchev–Trinajstić information content (AvgIpc) is 3.46. The van der Waals surface area contributed by atoms with Gasteiger partial charge in [-0.3, -0.25) is 4.79 Å². The van der Waals surface area contributed by atoms with Crippen LogP contribution in [0.4, 0.5) is 5.82 Å². The number of anilines is 1. The Hall–Kier alpha value is -3.94. The van der Waals surface area contributed by atoms with Crippen molar-refractivity contribution in [3.05, 3.63) is 72.3 Å². The number of ether oxygens (including phenoxy) is 1. The summed E-state index contributed by atoms with van der Waals surface area (Å²) in [6, 6.07) is 20.9. The molecule has 0 aliphatic carbocycles. The van der Waals surface area contributed by atoms with Gasteiger partial charge in [0.25, 0.3) is 5.91 Å². The zero-order valence-corrected chi connectivity index (χ0v) is 17.1. The average molecular weight is 414 g/mol. The van der Waals surface area contributed by atoms with Gasteiger partial charge in [-0.2, -0.15) is 4.52 Å². The van der Waals surface area contributed by atoms with Crippen molar-refractivity contribution in [1.82, 2.24) is 25.1 Å². The van der Waals surface area contributed by atoms with Crippen LogP contribution in [0, 0.1) is 0 Å². The quantitative estimate of drug-likeness (QED) is 0.541. The second-order valence-corrected chi connectivity index (χ2v) is 7.48. The smallest absolute Gasteiger partial charge is 0.251 e. The molecule has 1 aliphatic heterocycles. The first-order valence-corrected chi connectivity index (χ1v) is 10.2. The molecule has 8 heteroatoms. The zero-order chi connectivity index (χ0) is 21.2. The number of amides is 1. The summed E-state index contributed by atoms with van der Waals surface area (Å²) < 4.78 is 6.92. The van der Waals surface area contributed by atoms with Crippen LogP contribution < -0.4 is 15.0 Å². The van der Waals surface area contributed by atoms with Gasteiger partial charge in [-0.1, -0.05) is 30.3 Å². The molecule has 0 saturated carbocycles. The molecule has 156 valence electrons. The maximum Gasteiger partial charge on any atom is 0.251 e. The third-order valence-electron chi connectivity index (χ3n) is 5.48. The van der Waals surface area contributed by atoms with Crippen molar-refractivity contribution < 1.29 is 9.53 Å². The first kappa shape index (κ1) is 19.0. The molecular formula is C23H22N6O2. The Morgan fingerprint density at radius 2 is 1.84 bits per heavy atom. The van der Waals surface area contributed by atoms with Gasteiger partial charge in [0, 0.05) is 30.3 Å². The number of hydrogen-bond acceptors (Lipinski definition) is 6. The number of rotatable bonds is 5. The van der Waals surface area contributed by atoms with E-state index >= 15 is 0 Å². The minimum absolute atomic E-state index is 0.0570. The molecule has 0 spiro atoms. The second kappa shape index (κ2) is 8.06. The molecule has 8 nitrogen and oxygen atoms in total. The van der Waals surface area contributed by atoms with E-state index in [1.54, 1.807) is 35.9 Å². The van der Waals surface area contributed by atoms with Crippen LogP contribution in [0.25, 0.3) is 17.0 Å². The highest BCUT2D eigenvalue weighted by atomic mass is 16.5. The molecule has 4 aromatic rings. The van der Waals surface area contributed by atoms with Gasteiger partial charge < -0.3 is 15.0 Å². The van der Waals surface area contributed by atoms with E-state index in [0.717, 1.165) is 30.1 Å². The largest absolute Gasteiger partial charge is 0.497 e. The van der Waals surface area contributed by atoms with E-state index in [1.807, 2.05) is 42.5 Å². The molecule has 1 saturated heterocycles. The van der Waals surface area contributed by atoms with Gasteiger partial charge >= 0.3 is 0 Å². The van der Waals surface area contributed by atoms with Crippen molar-refractivity contribution in [1.29, 1.82) is 0 Å². The topological polar surface area (TPSA) is 84.6 Å². The van der Waals surface area contributed by atoms with Gasteiger partial charge in [-0.25, -0.2) is 0 Å². The van der Waals surface area contributed by atoms with E-state index in [1.165, 1.54) is 0 Å². The van der Waals surface area contributed by atoms with Crippen LogP contribution in [0.1, 0.15) is 16.8 Å². The molecule has 2 aromatic carbocycles. The number of benzene rings is 2. The van der Waals surface area contributed by atoms with E-state index < -0.39 is 0 Å². The summed E-state index contributed by atoms with van der Waals surface area (Å²) in [6.45, 7) is 1.51. The molecule has 2 aromatic heterocycles. The van der Waals surface area contributed by atoms with E-state index in [9.17, 15) is 4.79 Å². The van der Waals surface area contributed by atoms with Crippen molar-refractivity contribution in [2.45, 2.75) is 12.5 Å². The van der Waals surface area contributed by atoms with Crippen LogP contribution in [0.5, 0.6) is 5.75 Å². The van der Waals surface area contributed by atoms with Gasteiger partial charge in [-0.15, -0.1) is 15.3 Å². The molecule has 0 bridgehead atoms. The van der Waals surface area contributed by atoms with Gasteiger partial charge in [-0.05, 0) is 42.8 Å². The second-order valence-electron chi connectivity index (χ2n) is 7.48. The van der Waals surface area contributed by atoms with Gasteiger partial charge in [0.2, 0.25) is 0 Å². The van der Waals surface area contributed by atoms with Crippen LogP contribution in [-0.4, -0.2) is 52.0 Å². The number of fused-ring (bicyclic) bond motifs is 1. The van der Waals surface area contributed by atoms with E-state index in [0.29, 0.717) is 23.6 Å². The molecule has 1 amide bonds. The molecular weight excluding hydrogens is 392 g/mol. The van der Waals surface area contributed by atoms with Crippen molar-refractivity contribution in [2.75, 3.05) is 25.1 Å². The molecule has 1 N–H and O–H groups in total. The SMILES string of the molecule is COc1ccc(C(=O)NC2CCN(c3ccc4nnc(-c5ccccc5)n4n3)C2)cc1. The van der Waals surface area contributed by atoms with E-state index in [2.05, 4.69) is 20.4 Å². The minimum Gasteiger partial charge on any atom is -0.497 e. The highest BCUT2D eigenvalue weighted by molar-refractivity contribution is 5.94. The lowest BCUT2D eigenvalue weighted by atomic mass is 10.2. The lowest BCUT2D eigenvalue weighted by molar-refractivity contribution is 0.0940. The lowest BCUT2D eigenvalue weighted by Gasteiger charge is -2.18. The fourth-order valence-corrected chi connectivity index (χ4v) is 3.81. The predicted octanol–water partition coefficient (Wildman–Crippen LogP) is 2.81. The first-order valence-electron chi connectivity index (χ1n) is 10.2. The Morgan fingerprint density at radius 3 is 2.61 bits per heavy atom. The zero-order valence-electron chi connectivity index (χ0n) is 17.1. The third kappa shape index (κ3) is 3.79. The van der Waals surface area contributed by atoms with Crippen molar-refractivity contribution in [3.8, 4) is 17.1 Å². The van der Waals surface area contributed by atoms with Crippen LogP contribution in [0.15, 0.2) is 66.7 Å². The fourth-order valence-electron chi connectivity index (χ4n) is 3.81. The summed E-state index contributed by atoms with van der Waals surface area (Å²) in [6.07, 6.45) is 0.856. The summed E-state index contributed by atoms with van der Waals surface area (Å²) in [5, 5.41) is 16.4. The normalized spacial score (nSPS) is 15.9. The molecule has 3 heterocycles. The van der Waals surface area contributed by atoms with E-state index in [-0.39, 0.29) is 11.9 Å². The Labute approximate surface area is 179 Å². The standard InChI is InChI=1S/C23H22N6O2/c1-31-19-9-7-17(8-10-19)23(30)24-18-13-14-28(15-18)21-12-11-20-25-26-22(29(20)27-21)16-5-3-2-4-6-16/h2-12,18H,13-15H2,1H3,(H,24,30). The third-order valence-corrected chi connectivity index (χ3v) is 5.48. The monoisotopic (exact) mass is 414 g/mol. The highest BCUT2D eigenvalue weighted by Gasteiger charge is 2.26. The summed E-state index contributed by atoms with van der Waals surface area (Å²) in [4.78, 5) is 14.8. The van der Waals surface area contributed by atoms with Crippen LogP contribution in [-0.2, 0) is 0 Å². The summed E-state index contributed by atoms with van der Waals surface area (Å²) in [5.41, 5.74) is 2.28. The van der Waals surface area contributed by atoms with Gasteiger partial charge in [0.05, 0.1) is 7.11 Å². The Morgan fingerprint density at radius 1 is 1.03 bits per heavy atom. The maximum absolute atomic E-state index is 12.6. The summed E-state index contributed by atoms with van der Waals surface area (Å²) in [5.74, 6) is 2.20. The van der Waals surface area contributed by atoms with Gasteiger partial charge in [0.15, 0.2) is 11.5 Å². The molecule has 1 fully saturated rings. The number of hydrogen-bond donors (Lipinski definition) is 1. The molecule has 1 unspecified atom stereocenters. The minimum atomic E-state index is -0.0805. The molecule has 5 rings (SSSR count). The number of nitrogens with zero attached hydrogens (tertiary/aromatic N) is 5.